The minimum Gasteiger partial charge on any atom is -0.256 e. The Kier molecular flexibility index (Phi) is 3.86. The summed E-state index contributed by atoms with van der Waals surface area (Å²) < 4.78 is 0. The number of hydrogen-bond acceptors (Lipinski definition) is 6. The zero-order chi connectivity index (χ0) is 8.97. The van der Waals surface area contributed by atoms with E-state index in [4.69, 9.17) is 0 Å². The molecule has 0 atom stereocenters. The molecule has 0 aromatic carbocycles. The standard InChI is InChI=1S/C6H18N6/c1-7-10-4-11(8-2)6-12(5-10)9-3/h7-9H,4-6H2,1-3H3/p+1. The molecule has 1 aliphatic heterocycles. The summed E-state index contributed by atoms with van der Waals surface area (Å²) in [5, 5.41) is 6.28. The summed E-state index contributed by atoms with van der Waals surface area (Å²) in [5.41, 5.74) is 9.31. The van der Waals surface area contributed by atoms with Crippen molar-refractivity contribution in [2.75, 3.05) is 41.1 Å². The summed E-state index contributed by atoms with van der Waals surface area (Å²) in [4.78, 5) is 0. The third-order valence-electron chi connectivity index (χ3n) is 1.97. The molecule has 0 amide bonds. The fourth-order valence-corrected chi connectivity index (χ4v) is 1.18. The Bertz CT molecular complexity index is 105. The zero-order valence-electron chi connectivity index (χ0n) is 8.96. The van der Waals surface area contributed by atoms with Gasteiger partial charge >= 0.3 is 1.43 Å². The SMILES string of the molecule is CNN1CN(NC)CN(NC)C1.[H+]. The van der Waals surface area contributed by atoms with Gasteiger partial charge in [0.2, 0.25) is 0 Å². The van der Waals surface area contributed by atoms with Crippen molar-refractivity contribution in [3.8, 4) is 0 Å². The molecule has 0 saturated carbocycles. The molecule has 1 saturated heterocycles. The first-order valence-corrected chi connectivity index (χ1v) is 4.07. The van der Waals surface area contributed by atoms with E-state index in [1.54, 1.807) is 0 Å². The lowest BCUT2D eigenvalue weighted by molar-refractivity contribution is -0.0894. The van der Waals surface area contributed by atoms with Crippen LogP contribution >= 0.6 is 0 Å². The van der Waals surface area contributed by atoms with Crippen molar-refractivity contribution in [1.29, 1.82) is 0 Å². The average molecular weight is 175 g/mol. The second-order valence-corrected chi connectivity index (χ2v) is 2.71. The van der Waals surface area contributed by atoms with Crippen LogP contribution in [0.15, 0.2) is 0 Å². The van der Waals surface area contributed by atoms with Crippen LogP contribution < -0.4 is 16.3 Å². The second-order valence-electron chi connectivity index (χ2n) is 2.71. The van der Waals surface area contributed by atoms with E-state index in [1.807, 2.05) is 21.1 Å². The molecule has 0 unspecified atom stereocenters. The van der Waals surface area contributed by atoms with Gasteiger partial charge in [0.05, 0.1) is 20.0 Å². The predicted octanol–water partition coefficient (Wildman–Crippen LogP) is -1.71. The van der Waals surface area contributed by atoms with E-state index in [1.165, 1.54) is 0 Å². The molecule has 0 aliphatic carbocycles. The predicted molar refractivity (Wildman–Crippen MR) is 48.4 cm³/mol. The molecule has 0 spiro atoms. The Morgan fingerprint density at radius 1 is 0.750 bits per heavy atom. The second kappa shape index (κ2) is 4.70. The summed E-state index contributed by atoms with van der Waals surface area (Å²) >= 11 is 0. The van der Waals surface area contributed by atoms with Crippen LogP contribution in [-0.2, 0) is 0 Å². The summed E-state index contributed by atoms with van der Waals surface area (Å²) in [6.07, 6.45) is 0. The van der Waals surface area contributed by atoms with Crippen LogP contribution in [0.3, 0.4) is 0 Å². The van der Waals surface area contributed by atoms with Gasteiger partial charge in [-0.2, -0.15) is 0 Å². The Balaban J connectivity index is 0.00000144. The van der Waals surface area contributed by atoms with Crippen LogP contribution in [-0.4, -0.2) is 56.2 Å². The molecule has 72 valence electrons. The van der Waals surface area contributed by atoms with Crippen molar-refractivity contribution in [2.45, 2.75) is 0 Å². The quantitative estimate of drug-likeness (QED) is 0.475. The molecule has 6 nitrogen and oxygen atoms in total. The molecular formula is C6H19N6+. The largest absolute Gasteiger partial charge is 1.00 e. The molecule has 6 heteroatoms. The van der Waals surface area contributed by atoms with E-state index in [0.29, 0.717) is 0 Å². The molecule has 1 fully saturated rings. The highest BCUT2D eigenvalue weighted by molar-refractivity contribution is 4.58. The molecule has 3 N–H and O–H groups in total. The topological polar surface area (TPSA) is 45.8 Å². The maximum atomic E-state index is 3.10. The van der Waals surface area contributed by atoms with E-state index in [9.17, 15) is 0 Å². The number of nitrogens with zero attached hydrogens (tertiary/aromatic N) is 3. The van der Waals surface area contributed by atoms with Crippen molar-refractivity contribution < 1.29 is 1.43 Å². The number of hydrogen-bond donors (Lipinski definition) is 3. The summed E-state index contributed by atoms with van der Waals surface area (Å²) in [6, 6.07) is 0. The van der Waals surface area contributed by atoms with E-state index in [2.05, 4.69) is 31.3 Å². The Hall–Kier alpha value is -0.240. The minimum absolute atomic E-state index is 0. The zero-order valence-corrected chi connectivity index (χ0v) is 7.96. The first-order chi connectivity index (χ1) is 5.80. The molecule has 0 radical (unpaired) electrons. The number of hydrazine groups is 3. The van der Waals surface area contributed by atoms with Crippen LogP contribution in [0, 0.1) is 0 Å². The van der Waals surface area contributed by atoms with Gasteiger partial charge in [-0.05, 0) is 21.1 Å². The molecule has 1 heterocycles. The van der Waals surface area contributed by atoms with Crippen LogP contribution in [0.2, 0.25) is 0 Å². The summed E-state index contributed by atoms with van der Waals surface area (Å²) in [5.74, 6) is 0. The van der Waals surface area contributed by atoms with Crippen LogP contribution in [0.5, 0.6) is 0 Å². The van der Waals surface area contributed by atoms with Crippen molar-refractivity contribution in [3.05, 3.63) is 0 Å². The van der Waals surface area contributed by atoms with Crippen LogP contribution in [0.1, 0.15) is 1.43 Å². The van der Waals surface area contributed by atoms with Crippen molar-refractivity contribution >= 4 is 0 Å². The fraction of sp³-hybridized carbons (Fsp3) is 1.00. The van der Waals surface area contributed by atoms with Gasteiger partial charge in [0.25, 0.3) is 0 Å². The smallest absolute Gasteiger partial charge is 0.256 e. The minimum atomic E-state index is 0. The van der Waals surface area contributed by atoms with Crippen molar-refractivity contribution in [2.24, 2.45) is 0 Å². The number of nitrogens with one attached hydrogen (secondary N) is 3. The van der Waals surface area contributed by atoms with Gasteiger partial charge in [-0.1, -0.05) is 0 Å². The maximum Gasteiger partial charge on any atom is 1.00 e. The van der Waals surface area contributed by atoms with Gasteiger partial charge in [-0.15, -0.1) is 0 Å². The number of rotatable bonds is 3. The molecule has 1 rings (SSSR count). The highest BCUT2D eigenvalue weighted by Crippen LogP contribution is 1.98. The van der Waals surface area contributed by atoms with Gasteiger partial charge in [-0.25, -0.2) is 15.0 Å². The Labute approximate surface area is 74.9 Å². The van der Waals surface area contributed by atoms with Crippen molar-refractivity contribution in [3.63, 3.8) is 0 Å². The van der Waals surface area contributed by atoms with Gasteiger partial charge in [0.1, 0.15) is 0 Å². The van der Waals surface area contributed by atoms with Crippen LogP contribution in [0.4, 0.5) is 0 Å². The lowest BCUT2D eigenvalue weighted by Gasteiger charge is -2.40. The summed E-state index contributed by atoms with van der Waals surface area (Å²) in [6.45, 7) is 2.64. The normalized spacial score (nSPS) is 23.2. The first kappa shape index (κ1) is 9.85. The summed E-state index contributed by atoms with van der Waals surface area (Å²) in [7, 11) is 5.77. The van der Waals surface area contributed by atoms with Crippen molar-refractivity contribution in [1.82, 2.24) is 31.3 Å². The highest BCUT2D eigenvalue weighted by Gasteiger charge is 2.19. The van der Waals surface area contributed by atoms with Gasteiger partial charge in [-0.3, -0.25) is 16.3 Å². The molecule has 0 aromatic heterocycles. The molecule has 1 aliphatic rings. The van der Waals surface area contributed by atoms with Crippen LogP contribution in [0.25, 0.3) is 0 Å². The van der Waals surface area contributed by atoms with Gasteiger partial charge in [0, 0.05) is 0 Å². The van der Waals surface area contributed by atoms with E-state index in [-0.39, 0.29) is 1.43 Å². The molecule has 0 bridgehead atoms. The third-order valence-corrected chi connectivity index (χ3v) is 1.97. The monoisotopic (exact) mass is 175 g/mol. The van der Waals surface area contributed by atoms with E-state index >= 15 is 0 Å². The third kappa shape index (κ3) is 2.37. The lowest BCUT2D eigenvalue weighted by atomic mass is 10.7. The molecule has 12 heavy (non-hydrogen) atoms. The van der Waals surface area contributed by atoms with Gasteiger partial charge < -0.3 is 0 Å². The average Bonchev–Trinajstić information content (AvgIpc) is 2.16. The van der Waals surface area contributed by atoms with Gasteiger partial charge in [0.15, 0.2) is 0 Å². The van der Waals surface area contributed by atoms with E-state index in [0.717, 1.165) is 20.0 Å². The molecular weight excluding hydrogens is 156 g/mol. The first-order valence-electron chi connectivity index (χ1n) is 4.07. The highest BCUT2D eigenvalue weighted by atomic mass is 15.8. The Morgan fingerprint density at radius 2 is 1.00 bits per heavy atom. The Morgan fingerprint density at radius 3 is 1.17 bits per heavy atom. The fourth-order valence-electron chi connectivity index (χ4n) is 1.18. The lowest BCUT2D eigenvalue weighted by Crippen LogP contribution is -2.63. The molecule has 0 aromatic rings. The van der Waals surface area contributed by atoms with E-state index < -0.39 is 0 Å². The maximum absolute atomic E-state index is 3.10.